The lowest BCUT2D eigenvalue weighted by Crippen LogP contribution is -2.31. The van der Waals surface area contributed by atoms with Crippen molar-refractivity contribution in [2.75, 3.05) is 13.2 Å². The van der Waals surface area contributed by atoms with E-state index in [2.05, 4.69) is 5.32 Å². The van der Waals surface area contributed by atoms with E-state index in [4.69, 9.17) is 27.9 Å². The third kappa shape index (κ3) is 5.77. The molecule has 0 aliphatic carbocycles. The summed E-state index contributed by atoms with van der Waals surface area (Å²) in [5, 5.41) is 13.4. The fourth-order valence-corrected chi connectivity index (χ4v) is 2.28. The molecule has 0 aliphatic rings. The molecule has 1 amide bonds. The average molecular weight is 411 g/mol. The van der Waals surface area contributed by atoms with E-state index >= 15 is 0 Å². The van der Waals surface area contributed by atoms with Crippen LogP contribution in [0.3, 0.4) is 0 Å². The molecule has 10 heteroatoms. The number of amides is 1. The molecule has 0 fully saturated rings. The van der Waals surface area contributed by atoms with Gasteiger partial charge in [0, 0.05) is 22.2 Å². The van der Waals surface area contributed by atoms with Gasteiger partial charge in [-0.25, -0.2) is 0 Å². The highest BCUT2D eigenvalue weighted by Gasteiger charge is 2.17. The predicted molar refractivity (Wildman–Crippen MR) is 97.2 cm³/mol. The SMILES string of the molecule is O=C(CNC(=O)c1ccc(Cl)c([N+](=O)[O-])c1)OCC(=O)c1ccc(Cl)cc1. The van der Waals surface area contributed by atoms with Gasteiger partial charge in [-0.1, -0.05) is 23.2 Å². The van der Waals surface area contributed by atoms with Gasteiger partial charge in [0.25, 0.3) is 11.6 Å². The van der Waals surface area contributed by atoms with Gasteiger partial charge in [-0.2, -0.15) is 0 Å². The van der Waals surface area contributed by atoms with Gasteiger partial charge in [-0.15, -0.1) is 0 Å². The normalized spacial score (nSPS) is 10.1. The van der Waals surface area contributed by atoms with Crippen molar-refractivity contribution in [1.29, 1.82) is 0 Å². The summed E-state index contributed by atoms with van der Waals surface area (Å²) in [4.78, 5) is 45.6. The van der Waals surface area contributed by atoms with Crippen LogP contribution in [0.25, 0.3) is 0 Å². The minimum absolute atomic E-state index is 0.0452. The van der Waals surface area contributed by atoms with Crippen LogP contribution in [-0.4, -0.2) is 35.7 Å². The standard InChI is InChI=1S/C17H12Cl2N2O6/c18-12-4-1-10(2-5-12)15(22)9-27-16(23)8-20-17(24)11-3-6-13(19)14(7-11)21(25)26/h1-7H,8-9H2,(H,20,24). The Hall–Kier alpha value is -2.97. The third-order valence-electron chi connectivity index (χ3n) is 3.33. The molecule has 0 aliphatic heterocycles. The maximum absolute atomic E-state index is 12.0. The molecule has 0 bridgehead atoms. The van der Waals surface area contributed by atoms with E-state index in [0.717, 1.165) is 6.07 Å². The predicted octanol–water partition coefficient (Wildman–Crippen LogP) is 3.06. The molecule has 0 heterocycles. The highest BCUT2D eigenvalue weighted by molar-refractivity contribution is 6.32. The topological polar surface area (TPSA) is 116 Å². The van der Waals surface area contributed by atoms with Crippen molar-refractivity contribution < 1.29 is 24.0 Å². The summed E-state index contributed by atoms with van der Waals surface area (Å²) >= 11 is 11.4. The molecule has 0 radical (unpaired) electrons. The number of halogens is 2. The number of ketones is 1. The van der Waals surface area contributed by atoms with Crippen molar-refractivity contribution in [3.8, 4) is 0 Å². The Balaban J connectivity index is 1.85. The van der Waals surface area contributed by atoms with Gasteiger partial charge in [0.05, 0.1) is 4.92 Å². The smallest absolute Gasteiger partial charge is 0.325 e. The number of esters is 1. The van der Waals surface area contributed by atoms with Gasteiger partial charge in [0.2, 0.25) is 0 Å². The molecule has 0 saturated carbocycles. The molecule has 8 nitrogen and oxygen atoms in total. The lowest BCUT2D eigenvalue weighted by atomic mass is 10.1. The minimum atomic E-state index is -0.839. The number of nitrogens with zero attached hydrogens (tertiary/aromatic N) is 1. The van der Waals surface area contributed by atoms with Crippen LogP contribution in [0.15, 0.2) is 42.5 Å². The lowest BCUT2D eigenvalue weighted by Gasteiger charge is -2.07. The van der Waals surface area contributed by atoms with Crippen LogP contribution >= 0.6 is 23.2 Å². The van der Waals surface area contributed by atoms with E-state index < -0.39 is 41.4 Å². The van der Waals surface area contributed by atoms with Gasteiger partial charge in [-0.3, -0.25) is 24.5 Å². The summed E-state index contributed by atoms with van der Waals surface area (Å²) in [6.45, 7) is -1.01. The van der Waals surface area contributed by atoms with E-state index in [-0.39, 0.29) is 10.6 Å². The van der Waals surface area contributed by atoms with E-state index in [9.17, 15) is 24.5 Å². The minimum Gasteiger partial charge on any atom is -0.456 e. The first kappa shape index (κ1) is 20.3. The molecule has 0 unspecified atom stereocenters. The second kappa shape index (κ2) is 9.11. The van der Waals surface area contributed by atoms with E-state index in [1.807, 2.05) is 0 Å². The fraction of sp³-hybridized carbons (Fsp3) is 0.118. The zero-order valence-corrected chi connectivity index (χ0v) is 15.1. The summed E-state index contributed by atoms with van der Waals surface area (Å²) in [6, 6.07) is 9.52. The number of ether oxygens (including phenoxy) is 1. The Kier molecular flexibility index (Phi) is 6.86. The highest BCUT2D eigenvalue weighted by atomic mass is 35.5. The van der Waals surface area contributed by atoms with Crippen molar-refractivity contribution in [2.45, 2.75) is 0 Å². The third-order valence-corrected chi connectivity index (χ3v) is 3.90. The van der Waals surface area contributed by atoms with Crippen molar-refractivity contribution in [1.82, 2.24) is 5.32 Å². The number of hydrogen-bond donors (Lipinski definition) is 1. The summed E-state index contributed by atoms with van der Waals surface area (Å²) in [5.74, 6) is -2.00. The van der Waals surface area contributed by atoms with Gasteiger partial charge < -0.3 is 10.1 Å². The fourth-order valence-electron chi connectivity index (χ4n) is 1.96. The van der Waals surface area contributed by atoms with E-state index in [0.29, 0.717) is 10.6 Å². The lowest BCUT2D eigenvalue weighted by molar-refractivity contribution is -0.384. The maximum atomic E-state index is 12.0. The average Bonchev–Trinajstić information content (AvgIpc) is 2.64. The van der Waals surface area contributed by atoms with Crippen LogP contribution in [0.1, 0.15) is 20.7 Å². The van der Waals surface area contributed by atoms with Crippen LogP contribution in [0.5, 0.6) is 0 Å². The summed E-state index contributed by atoms with van der Waals surface area (Å²) in [7, 11) is 0. The molecular weight excluding hydrogens is 399 g/mol. The first-order valence-electron chi connectivity index (χ1n) is 7.44. The van der Waals surface area contributed by atoms with Gasteiger partial charge >= 0.3 is 5.97 Å². The van der Waals surface area contributed by atoms with Crippen molar-refractivity contribution in [3.05, 3.63) is 73.8 Å². The summed E-state index contributed by atoms with van der Waals surface area (Å²) in [6.07, 6.45) is 0. The molecule has 140 valence electrons. The second-order valence-electron chi connectivity index (χ2n) is 5.20. The van der Waals surface area contributed by atoms with Gasteiger partial charge in [-0.05, 0) is 36.4 Å². The van der Waals surface area contributed by atoms with Crippen LogP contribution in [0.2, 0.25) is 10.0 Å². The second-order valence-corrected chi connectivity index (χ2v) is 6.04. The zero-order valence-electron chi connectivity index (χ0n) is 13.6. The molecule has 2 aromatic carbocycles. The number of nitro groups is 1. The van der Waals surface area contributed by atoms with Crippen molar-refractivity contribution in [3.63, 3.8) is 0 Å². The van der Waals surface area contributed by atoms with Crippen molar-refractivity contribution in [2.24, 2.45) is 0 Å². The number of carbonyl (C=O) groups excluding carboxylic acids is 3. The Bertz CT molecular complexity index is 899. The number of benzene rings is 2. The molecule has 27 heavy (non-hydrogen) atoms. The largest absolute Gasteiger partial charge is 0.456 e. The Morgan fingerprint density at radius 3 is 2.30 bits per heavy atom. The van der Waals surface area contributed by atoms with E-state index in [1.165, 1.54) is 36.4 Å². The number of nitro benzene ring substituents is 1. The molecule has 0 spiro atoms. The monoisotopic (exact) mass is 410 g/mol. The van der Waals surface area contributed by atoms with Crippen LogP contribution < -0.4 is 5.32 Å². The summed E-state index contributed by atoms with van der Waals surface area (Å²) in [5.41, 5.74) is -0.152. The summed E-state index contributed by atoms with van der Waals surface area (Å²) < 4.78 is 4.79. The van der Waals surface area contributed by atoms with Crippen LogP contribution in [0.4, 0.5) is 5.69 Å². The Morgan fingerprint density at radius 2 is 1.67 bits per heavy atom. The highest BCUT2D eigenvalue weighted by Crippen LogP contribution is 2.24. The molecule has 2 rings (SSSR count). The van der Waals surface area contributed by atoms with Crippen LogP contribution in [-0.2, 0) is 9.53 Å². The number of carbonyl (C=O) groups is 3. The first-order valence-corrected chi connectivity index (χ1v) is 8.20. The number of rotatable bonds is 7. The number of nitrogens with one attached hydrogen (secondary N) is 1. The first-order chi connectivity index (χ1) is 12.8. The van der Waals surface area contributed by atoms with E-state index in [1.54, 1.807) is 0 Å². The van der Waals surface area contributed by atoms with Crippen LogP contribution in [0, 0.1) is 10.1 Å². The maximum Gasteiger partial charge on any atom is 0.325 e. The molecule has 0 aromatic heterocycles. The van der Waals surface area contributed by atoms with Gasteiger partial charge in [0.15, 0.2) is 12.4 Å². The zero-order chi connectivity index (χ0) is 20.0. The molecule has 0 atom stereocenters. The number of hydrogen-bond acceptors (Lipinski definition) is 6. The molecule has 1 N–H and O–H groups in total. The molecule has 0 saturated heterocycles. The number of Topliss-reactive ketones (excluding diaryl/α,β-unsaturated/α-hetero) is 1. The molecular formula is C17H12Cl2N2O6. The molecule has 2 aromatic rings. The van der Waals surface area contributed by atoms with Crippen molar-refractivity contribution >= 4 is 46.5 Å². The Morgan fingerprint density at radius 1 is 1.04 bits per heavy atom. The Labute approximate surface area is 163 Å². The van der Waals surface area contributed by atoms with Gasteiger partial charge in [0.1, 0.15) is 11.6 Å². The quantitative estimate of drug-likeness (QED) is 0.324.